The largest absolute Gasteiger partial charge is 0.379 e. The van der Waals surface area contributed by atoms with Gasteiger partial charge >= 0.3 is 0 Å². The number of ether oxygens (including phenoxy) is 1. The van der Waals surface area contributed by atoms with Gasteiger partial charge in [-0.2, -0.15) is 0 Å². The van der Waals surface area contributed by atoms with E-state index in [2.05, 4.69) is 33.8 Å². The molecule has 1 saturated heterocycles. The fourth-order valence-electron chi connectivity index (χ4n) is 3.22. The van der Waals surface area contributed by atoms with Crippen LogP contribution >= 0.6 is 0 Å². The number of benzene rings is 1. The van der Waals surface area contributed by atoms with Gasteiger partial charge in [0.15, 0.2) is 0 Å². The first-order chi connectivity index (χ1) is 8.86. The zero-order valence-corrected chi connectivity index (χ0v) is 9.99. The van der Waals surface area contributed by atoms with Crippen molar-refractivity contribution in [2.75, 3.05) is 13.2 Å². The van der Waals surface area contributed by atoms with Crippen molar-refractivity contribution in [1.29, 1.82) is 0 Å². The lowest BCUT2D eigenvalue weighted by atomic mass is 9.89. The van der Waals surface area contributed by atoms with Crippen LogP contribution in [0.4, 0.5) is 0 Å². The summed E-state index contributed by atoms with van der Waals surface area (Å²) in [5.74, 6) is 0.335. The van der Waals surface area contributed by atoms with E-state index in [1.807, 2.05) is 12.5 Å². The molecule has 2 aliphatic heterocycles. The van der Waals surface area contributed by atoms with Crippen molar-refractivity contribution in [3.05, 3.63) is 42.4 Å². The third kappa shape index (κ3) is 1.24. The van der Waals surface area contributed by atoms with Crippen LogP contribution in [0.2, 0.25) is 0 Å². The molecule has 18 heavy (non-hydrogen) atoms. The average molecular weight is 241 g/mol. The summed E-state index contributed by atoms with van der Waals surface area (Å²) in [6.45, 7) is 1.39. The minimum absolute atomic E-state index is 0.108. The summed E-state index contributed by atoms with van der Waals surface area (Å²) in [5, 5.41) is 0. The Labute approximate surface area is 105 Å². The highest BCUT2D eigenvalue weighted by Gasteiger charge is 2.39. The molecule has 2 aliphatic rings. The Bertz CT molecular complexity index is 592. The van der Waals surface area contributed by atoms with E-state index in [9.17, 15) is 0 Å². The summed E-state index contributed by atoms with van der Waals surface area (Å²) >= 11 is 0. The smallest absolute Gasteiger partial charge is 0.0956 e. The molecule has 0 bridgehead atoms. The summed E-state index contributed by atoms with van der Waals surface area (Å²) in [6.07, 6.45) is 3.84. The molecule has 4 heteroatoms. The van der Waals surface area contributed by atoms with Crippen molar-refractivity contribution in [1.82, 2.24) is 9.55 Å². The molecule has 4 nitrogen and oxygen atoms in total. The predicted molar refractivity (Wildman–Crippen MR) is 68.1 cm³/mol. The van der Waals surface area contributed by atoms with Crippen molar-refractivity contribution in [3.63, 3.8) is 0 Å². The maximum Gasteiger partial charge on any atom is 0.0956 e. The Morgan fingerprint density at radius 3 is 3.00 bits per heavy atom. The number of hydrogen-bond donors (Lipinski definition) is 1. The minimum Gasteiger partial charge on any atom is -0.379 e. The Morgan fingerprint density at radius 2 is 2.17 bits per heavy atom. The fourth-order valence-corrected chi connectivity index (χ4v) is 3.22. The molecule has 1 aromatic carbocycles. The van der Waals surface area contributed by atoms with Gasteiger partial charge in [-0.15, -0.1) is 0 Å². The molecule has 3 atom stereocenters. The van der Waals surface area contributed by atoms with Gasteiger partial charge in [0.1, 0.15) is 0 Å². The van der Waals surface area contributed by atoms with E-state index in [0.29, 0.717) is 12.5 Å². The molecule has 1 aromatic heterocycles. The molecular formula is C14H15N3O. The van der Waals surface area contributed by atoms with Gasteiger partial charge in [-0.05, 0) is 5.56 Å². The molecule has 2 aromatic rings. The first-order valence-corrected chi connectivity index (χ1v) is 6.30. The van der Waals surface area contributed by atoms with Crippen LogP contribution in [0.1, 0.15) is 11.6 Å². The Kier molecular flexibility index (Phi) is 2.10. The van der Waals surface area contributed by atoms with E-state index in [-0.39, 0.29) is 12.1 Å². The quantitative estimate of drug-likeness (QED) is 0.821. The summed E-state index contributed by atoms with van der Waals surface area (Å²) in [4.78, 5) is 4.27. The number of hydrogen-bond acceptors (Lipinski definition) is 3. The lowest BCUT2D eigenvalue weighted by Crippen LogP contribution is -2.34. The van der Waals surface area contributed by atoms with Crippen molar-refractivity contribution in [2.45, 2.75) is 12.1 Å². The van der Waals surface area contributed by atoms with Crippen LogP contribution in [0.25, 0.3) is 11.3 Å². The summed E-state index contributed by atoms with van der Waals surface area (Å²) in [7, 11) is 0. The minimum atomic E-state index is 0.108. The molecule has 0 spiro atoms. The zero-order valence-electron chi connectivity index (χ0n) is 9.99. The maximum absolute atomic E-state index is 6.18. The average Bonchev–Trinajstić information content (AvgIpc) is 3.05. The monoisotopic (exact) mass is 241 g/mol. The van der Waals surface area contributed by atoms with Crippen LogP contribution in [-0.2, 0) is 4.74 Å². The zero-order chi connectivity index (χ0) is 12.1. The lowest BCUT2D eigenvalue weighted by Gasteiger charge is -2.23. The van der Waals surface area contributed by atoms with Crippen molar-refractivity contribution >= 4 is 0 Å². The SMILES string of the molecule is N[C@H]1COC[C@H]1C1c2ccccc2-c2cncn21. The summed E-state index contributed by atoms with van der Waals surface area (Å²) in [6, 6.07) is 8.89. The normalized spacial score (nSPS) is 29.3. The van der Waals surface area contributed by atoms with Crippen LogP contribution < -0.4 is 5.73 Å². The second-order valence-corrected chi connectivity index (χ2v) is 5.08. The molecular weight excluding hydrogens is 226 g/mol. The third-order valence-electron chi connectivity index (χ3n) is 4.10. The van der Waals surface area contributed by atoms with Crippen LogP contribution in [0.15, 0.2) is 36.8 Å². The molecule has 0 amide bonds. The molecule has 0 saturated carbocycles. The number of imidazole rings is 1. The van der Waals surface area contributed by atoms with E-state index < -0.39 is 0 Å². The topological polar surface area (TPSA) is 53.1 Å². The van der Waals surface area contributed by atoms with Crippen molar-refractivity contribution in [2.24, 2.45) is 11.7 Å². The van der Waals surface area contributed by atoms with Gasteiger partial charge in [-0.1, -0.05) is 24.3 Å². The number of nitrogens with two attached hydrogens (primary N) is 1. The fraction of sp³-hybridized carbons (Fsp3) is 0.357. The van der Waals surface area contributed by atoms with Gasteiger partial charge in [-0.3, -0.25) is 0 Å². The number of nitrogens with zero attached hydrogens (tertiary/aromatic N) is 2. The van der Waals surface area contributed by atoms with Gasteiger partial charge in [0.25, 0.3) is 0 Å². The number of rotatable bonds is 1. The van der Waals surface area contributed by atoms with Gasteiger partial charge < -0.3 is 15.0 Å². The molecule has 4 rings (SSSR count). The third-order valence-corrected chi connectivity index (χ3v) is 4.10. The van der Waals surface area contributed by atoms with Crippen LogP contribution in [0.5, 0.6) is 0 Å². The first-order valence-electron chi connectivity index (χ1n) is 6.30. The van der Waals surface area contributed by atoms with Gasteiger partial charge in [-0.25, -0.2) is 4.98 Å². The van der Waals surface area contributed by atoms with Crippen LogP contribution in [0.3, 0.4) is 0 Å². The first kappa shape index (κ1) is 10.3. The number of fused-ring (bicyclic) bond motifs is 3. The summed E-state index contributed by atoms with van der Waals surface area (Å²) in [5.41, 5.74) is 10.00. The molecule has 1 fully saturated rings. The molecule has 92 valence electrons. The van der Waals surface area contributed by atoms with E-state index in [0.717, 1.165) is 6.61 Å². The van der Waals surface area contributed by atoms with Crippen molar-refractivity contribution in [3.8, 4) is 11.3 Å². The van der Waals surface area contributed by atoms with Crippen LogP contribution in [-0.4, -0.2) is 28.8 Å². The van der Waals surface area contributed by atoms with E-state index in [1.165, 1.54) is 16.8 Å². The predicted octanol–water partition coefficient (Wildman–Crippen LogP) is 1.43. The van der Waals surface area contributed by atoms with Gasteiger partial charge in [0.05, 0.1) is 37.5 Å². The molecule has 0 radical (unpaired) electrons. The van der Waals surface area contributed by atoms with Crippen LogP contribution in [0, 0.1) is 5.92 Å². The maximum atomic E-state index is 6.18. The molecule has 0 aliphatic carbocycles. The Balaban J connectivity index is 1.89. The Hall–Kier alpha value is -1.65. The number of aromatic nitrogens is 2. The molecule has 2 N–H and O–H groups in total. The highest BCUT2D eigenvalue weighted by atomic mass is 16.5. The van der Waals surface area contributed by atoms with E-state index in [1.54, 1.807) is 0 Å². The highest BCUT2D eigenvalue weighted by Crippen LogP contribution is 2.44. The second-order valence-electron chi connectivity index (χ2n) is 5.08. The van der Waals surface area contributed by atoms with Gasteiger partial charge in [0, 0.05) is 17.5 Å². The van der Waals surface area contributed by atoms with E-state index in [4.69, 9.17) is 10.5 Å². The van der Waals surface area contributed by atoms with E-state index >= 15 is 0 Å². The van der Waals surface area contributed by atoms with Crippen molar-refractivity contribution < 1.29 is 4.74 Å². The molecule has 3 heterocycles. The standard InChI is InChI=1S/C14H15N3O/c15-12-7-18-6-11(12)14-10-4-2-1-3-9(10)13-5-16-8-17(13)14/h1-5,8,11-12,14H,6-7,15H2/t11-,12+,14?/m1/s1. The van der Waals surface area contributed by atoms with Gasteiger partial charge in [0.2, 0.25) is 0 Å². The summed E-state index contributed by atoms with van der Waals surface area (Å²) < 4.78 is 7.77. The Morgan fingerprint density at radius 1 is 1.28 bits per heavy atom. The highest BCUT2D eigenvalue weighted by molar-refractivity contribution is 5.69. The lowest BCUT2D eigenvalue weighted by molar-refractivity contribution is 0.177. The molecule has 1 unspecified atom stereocenters. The second kappa shape index (κ2) is 3.67.